The topological polar surface area (TPSA) is 54.9 Å². The largest absolute Gasteiger partial charge is 0.329 e. The molecule has 2 aromatic rings. The van der Waals surface area contributed by atoms with Gasteiger partial charge in [0.2, 0.25) is 0 Å². The Morgan fingerprint density at radius 3 is 2.41 bits per heavy atom. The molecule has 1 N–H and O–H groups in total. The van der Waals surface area contributed by atoms with Crippen LogP contribution in [0.15, 0.2) is 27.8 Å². The van der Waals surface area contributed by atoms with Crippen LogP contribution in [0, 0.1) is 6.92 Å². The number of hydrogen-bond acceptors (Lipinski definition) is 2. The second kappa shape index (κ2) is 3.58. The minimum absolute atomic E-state index is 0.240. The summed E-state index contributed by atoms with van der Waals surface area (Å²) in [6.45, 7) is 7.43. The first-order valence-electron chi connectivity index (χ1n) is 5.57. The van der Waals surface area contributed by atoms with Crippen LogP contribution in [0.1, 0.15) is 26.3 Å². The van der Waals surface area contributed by atoms with E-state index in [1.807, 2.05) is 39.8 Å². The lowest BCUT2D eigenvalue weighted by Gasteiger charge is -2.21. The van der Waals surface area contributed by atoms with Crippen molar-refractivity contribution in [3.05, 3.63) is 44.6 Å². The number of benzene rings is 1. The average molecular weight is 232 g/mol. The Kier molecular flexibility index (Phi) is 2.45. The molecule has 0 atom stereocenters. The molecule has 0 aliphatic rings. The predicted molar refractivity (Wildman–Crippen MR) is 68.6 cm³/mol. The van der Waals surface area contributed by atoms with Gasteiger partial charge in [0.05, 0.1) is 10.9 Å². The number of aromatic amines is 1. The van der Waals surface area contributed by atoms with Gasteiger partial charge in [-0.3, -0.25) is 9.36 Å². The molecule has 0 bridgehead atoms. The van der Waals surface area contributed by atoms with Gasteiger partial charge in [0.1, 0.15) is 0 Å². The van der Waals surface area contributed by atoms with Gasteiger partial charge in [-0.25, -0.2) is 4.79 Å². The molecule has 90 valence electrons. The van der Waals surface area contributed by atoms with Gasteiger partial charge in [0, 0.05) is 5.54 Å². The van der Waals surface area contributed by atoms with Gasteiger partial charge in [0.15, 0.2) is 0 Å². The minimum Gasteiger partial charge on any atom is -0.307 e. The second-order valence-electron chi connectivity index (χ2n) is 5.29. The molecule has 0 unspecified atom stereocenters. The van der Waals surface area contributed by atoms with Crippen LogP contribution in [0.2, 0.25) is 0 Å². The number of nitrogens with one attached hydrogen (secondary N) is 1. The summed E-state index contributed by atoms with van der Waals surface area (Å²) in [5, 5.41) is 0.546. The first-order valence-corrected chi connectivity index (χ1v) is 5.57. The Morgan fingerprint density at radius 1 is 1.18 bits per heavy atom. The van der Waals surface area contributed by atoms with Crippen molar-refractivity contribution >= 4 is 10.9 Å². The van der Waals surface area contributed by atoms with Gasteiger partial charge in [-0.15, -0.1) is 0 Å². The molecule has 4 heteroatoms. The predicted octanol–water partition coefficient (Wildman–Crippen LogP) is 1.75. The Hall–Kier alpha value is -1.84. The van der Waals surface area contributed by atoms with Crippen LogP contribution >= 0.6 is 0 Å². The van der Waals surface area contributed by atoms with Crippen LogP contribution in [-0.2, 0) is 5.54 Å². The zero-order chi connectivity index (χ0) is 12.8. The fraction of sp³-hybridized carbons (Fsp3) is 0.385. The zero-order valence-corrected chi connectivity index (χ0v) is 10.5. The van der Waals surface area contributed by atoms with E-state index in [1.54, 1.807) is 6.07 Å². The third-order valence-electron chi connectivity index (χ3n) is 2.72. The van der Waals surface area contributed by atoms with Crippen molar-refractivity contribution in [2.24, 2.45) is 0 Å². The minimum atomic E-state index is -0.524. The summed E-state index contributed by atoms with van der Waals surface area (Å²) < 4.78 is 1.25. The SMILES string of the molecule is Cc1ccc2c(=O)n(C(C)(C)C)c(=O)[nH]c2c1. The molecule has 0 spiro atoms. The standard InChI is InChI=1S/C13H16N2O2/c1-8-5-6-9-10(7-8)14-12(17)15(11(9)16)13(2,3)4/h5-7H,1-4H3,(H,14,17). The lowest BCUT2D eigenvalue weighted by Crippen LogP contribution is -2.44. The van der Waals surface area contributed by atoms with Crippen molar-refractivity contribution in [1.29, 1.82) is 0 Å². The highest BCUT2D eigenvalue weighted by Crippen LogP contribution is 2.11. The van der Waals surface area contributed by atoms with Gasteiger partial charge in [-0.2, -0.15) is 0 Å². The molecule has 0 fully saturated rings. The summed E-state index contributed by atoms with van der Waals surface area (Å²) in [6.07, 6.45) is 0. The fourth-order valence-electron chi connectivity index (χ4n) is 1.94. The monoisotopic (exact) mass is 232 g/mol. The lowest BCUT2D eigenvalue weighted by atomic mass is 10.1. The molecular formula is C13H16N2O2. The molecular weight excluding hydrogens is 216 g/mol. The van der Waals surface area contributed by atoms with Crippen LogP contribution in [0.3, 0.4) is 0 Å². The number of nitrogens with zero attached hydrogens (tertiary/aromatic N) is 1. The molecule has 0 aliphatic carbocycles. The number of fused-ring (bicyclic) bond motifs is 1. The van der Waals surface area contributed by atoms with E-state index < -0.39 is 5.54 Å². The summed E-state index contributed by atoms with van der Waals surface area (Å²) in [5.41, 5.74) is 0.488. The zero-order valence-electron chi connectivity index (χ0n) is 10.5. The Morgan fingerprint density at radius 2 is 1.82 bits per heavy atom. The summed E-state index contributed by atoms with van der Waals surface area (Å²) >= 11 is 0. The third-order valence-corrected chi connectivity index (χ3v) is 2.72. The maximum absolute atomic E-state index is 12.3. The van der Waals surface area contributed by atoms with E-state index in [0.29, 0.717) is 10.9 Å². The highest BCUT2D eigenvalue weighted by molar-refractivity contribution is 5.77. The number of H-pyrrole nitrogens is 1. The Balaban J connectivity index is 2.97. The van der Waals surface area contributed by atoms with E-state index in [9.17, 15) is 9.59 Å². The smallest absolute Gasteiger partial charge is 0.307 e. The first-order chi connectivity index (χ1) is 7.80. The van der Waals surface area contributed by atoms with E-state index >= 15 is 0 Å². The van der Waals surface area contributed by atoms with Crippen molar-refractivity contribution in [2.45, 2.75) is 33.2 Å². The second-order valence-corrected chi connectivity index (χ2v) is 5.29. The van der Waals surface area contributed by atoms with Crippen molar-refractivity contribution in [1.82, 2.24) is 9.55 Å². The molecule has 2 rings (SSSR count). The van der Waals surface area contributed by atoms with Gasteiger partial charge in [-0.05, 0) is 45.4 Å². The Labute approximate surface area is 98.9 Å². The third kappa shape index (κ3) is 1.90. The van der Waals surface area contributed by atoms with Crippen LogP contribution < -0.4 is 11.2 Å². The average Bonchev–Trinajstić information content (AvgIpc) is 2.13. The van der Waals surface area contributed by atoms with Gasteiger partial charge < -0.3 is 4.98 Å². The van der Waals surface area contributed by atoms with Crippen LogP contribution in [0.5, 0.6) is 0 Å². The van der Waals surface area contributed by atoms with E-state index in [0.717, 1.165) is 5.56 Å². The summed E-state index contributed by atoms with van der Waals surface area (Å²) in [6, 6.07) is 5.44. The molecule has 0 radical (unpaired) electrons. The number of rotatable bonds is 0. The normalized spacial score (nSPS) is 12.0. The van der Waals surface area contributed by atoms with Gasteiger partial charge >= 0.3 is 5.69 Å². The molecule has 1 aromatic carbocycles. The Bertz CT molecular complexity index is 687. The number of aromatic nitrogens is 2. The summed E-state index contributed by atoms with van der Waals surface area (Å²) in [5.74, 6) is 0. The molecule has 1 aromatic heterocycles. The van der Waals surface area contributed by atoms with E-state index in [4.69, 9.17) is 0 Å². The number of aryl methyl sites for hydroxylation is 1. The maximum Gasteiger partial charge on any atom is 0.329 e. The quantitative estimate of drug-likeness (QED) is 0.752. The van der Waals surface area contributed by atoms with E-state index in [-0.39, 0.29) is 11.2 Å². The van der Waals surface area contributed by atoms with Gasteiger partial charge in [0.25, 0.3) is 5.56 Å². The van der Waals surface area contributed by atoms with Crippen LogP contribution in [0.25, 0.3) is 10.9 Å². The molecule has 4 nitrogen and oxygen atoms in total. The van der Waals surface area contributed by atoms with Crippen LogP contribution in [0.4, 0.5) is 0 Å². The van der Waals surface area contributed by atoms with Crippen molar-refractivity contribution in [2.75, 3.05) is 0 Å². The summed E-state index contributed by atoms with van der Waals surface area (Å²) in [7, 11) is 0. The van der Waals surface area contributed by atoms with Crippen LogP contribution in [-0.4, -0.2) is 9.55 Å². The molecule has 0 saturated carbocycles. The number of hydrogen-bond donors (Lipinski definition) is 1. The molecule has 1 heterocycles. The highest BCUT2D eigenvalue weighted by atomic mass is 16.2. The van der Waals surface area contributed by atoms with Crippen molar-refractivity contribution in [3.8, 4) is 0 Å². The molecule has 17 heavy (non-hydrogen) atoms. The van der Waals surface area contributed by atoms with Crippen molar-refractivity contribution < 1.29 is 0 Å². The first kappa shape index (κ1) is 11.6. The lowest BCUT2D eigenvalue weighted by molar-refractivity contribution is 0.369. The molecule has 0 amide bonds. The summed E-state index contributed by atoms with van der Waals surface area (Å²) in [4.78, 5) is 26.9. The fourth-order valence-corrected chi connectivity index (χ4v) is 1.94. The van der Waals surface area contributed by atoms with E-state index in [2.05, 4.69) is 4.98 Å². The van der Waals surface area contributed by atoms with Gasteiger partial charge in [-0.1, -0.05) is 6.07 Å². The molecule has 0 saturated heterocycles. The highest BCUT2D eigenvalue weighted by Gasteiger charge is 2.19. The molecule has 0 aliphatic heterocycles. The van der Waals surface area contributed by atoms with Crippen molar-refractivity contribution in [3.63, 3.8) is 0 Å². The van der Waals surface area contributed by atoms with E-state index in [1.165, 1.54) is 4.57 Å². The maximum atomic E-state index is 12.3.